The van der Waals surface area contributed by atoms with Gasteiger partial charge < -0.3 is 4.74 Å². The minimum atomic E-state index is -0.156. The van der Waals surface area contributed by atoms with Crippen molar-refractivity contribution in [3.8, 4) is 0 Å². The molecule has 0 bridgehead atoms. The number of rotatable bonds is 0. The molecule has 0 aromatic carbocycles. The van der Waals surface area contributed by atoms with Gasteiger partial charge in [0.15, 0.2) is 0 Å². The molecule has 0 saturated heterocycles. The summed E-state index contributed by atoms with van der Waals surface area (Å²) in [6.45, 7) is 5.70. The average Bonchev–Trinajstić information content (AvgIpc) is 1.82. The van der Waals surface area contributed by atoms with Crippen molar-refractivity contribution in [3.63, 3.8) is 0 Å². The van der Waals surface area contributed by atoms with Crippen molar-refractivity contribution in [3.05, 3.63) is 11.1 Å². The Kier molecular flexibility index (Phi) is 1.79. The van der Waals surface area contributed by atoms with E-state index in [1.807, 2.05) is 20.8 Å². The monoisotopic (exact) mass is 140 g/mol. The van der Waals surface area contributed by atoms with Crippen molar-refractivity contribution in [1.29, 1.82) is 0 Å². The van der Waals surface area contributed by atoms with Gasteiger partial charge in [-0.25, -0.2) is 4.79 Å². The van der Waals surface area contributed by atoms with Crippen LogP contribution < -0.4 is 0 Å². The number of ether oxygens (including phenoxy) is 1. The van der Waals surface area contributed by atoms with Gasteiger partial charge in [-0.1, -0.05) is 5.57 Å². The molecular weight excluding hydrogens is 128 g/mol. The van der Waals surface area contributed by atoms with E-state index in [0.717, 1.165) is 17.6 Å². The predicted molar refractivity (Wildman–Crippen MR) is 38.5 cm³/mol. The van der Waals surface area contributed by atoms with Crippen LogP contribution in [0.25, 0.3) is 0 Å². The zero-order valence-corrected chi connectivity index (χ0v) is 6.60. The summed E-state index contributed by atoms with van der Waals surface area (Å²) < 4.78 is 4.97. The number of hydrogen-bond donors (Lipinski definition) is 0. The lowest BCUT2D eigenvalue weighted by Gasteiger charge is -2.20. The van der Waals surface area contributed by atoms with E-state index < -0.39 is 0 Å². The Hall–Kier alpha value is -0.790. The zero-order chi connectivity index (χ0) is 7.72. The third-order valence-electron chi connectivity index (χ3n) is 1.85. The van der Waals surface area contributed by atoms with Crippen LogP contribution in [0, 0.1) is 0 Å². The Labute approximate surface area is 60.9 Å². The molecule has 1 unspecified atom stereocenters. The highest BCUT2D eigenvalue weighted by molar-refractivity contribution is 5.89. The van der Waals surface area contributed by atoms with E-state index in [9.17, 15) is 4.79 Å². The summed E-state index contributed by atoms with van der Waals surface area (Å²) in [7, 11) is 0. The summed E-state index contributed by atoms with van der Waals surface area (Å²) in [5.41, 5.74) is 1.93. The fourth-order valence-electron chi connectivity index (χ4n) is 1.07. The van der Waals surface area contributed by atoms with Gasteiger partial charge in [0, 0.05) is 12.0 Å². The van der Waals surface area contributed by atoms with Crippen LogP contribution in [0.5, 0.6) is 0 Å². The first-order valence-electron chi connectivity index (χ1n) is 3.48. The molecule has 0 aromatic rings. The van der Waals surface area contributed by atoms with Crippen molar-refractivity contribution in [2.24, 2.45) is 0 Å². The topological polar surface area (TPSA) is 26.3 Å². The fraction of sp³-hybridized carbons (Fsp3) is 0.625. The van der Waals surface area contributed by atoms with E-state index in [-0.39, 0.29) is 12.1 Å². The van der Waals surface area contributed by atoms with Gasteiger partial charge in [0.2, 0.25) is 0 Å². The third-order valence-corrected chi connectivity index (χ3v) is 1.85. The van der Waals surface area contributed by atoms with E-state index >= 15 is 0 Å². The van der Waals surface area contributed by atoms with E-state index in [2.05, 4.69) is 0 Å². The average molecular weight is 140 g/mol. The largest absolute Gasteiger partial charge is 0.459 e. The minimum Gasteiger partial charge on any atom is -0.459 e. The van der Waals surface area contributed by atoms with E-state index in [4.69, 9.17) is 4.74 Å². The summed E-state index contributed by atoms with van der Waals surface area (Å²) in [5, 5.41) is 0. The molecule has 2 nitrogen and oxygen atoms in total. The van der Waals surface area contributed by atoms with E-state index in [1.54, 1.807) is 0 Å². The molecule has 0 N–H and O–H groups in total. The summed E-state index contributed by atoms with van der Waals surface area (Å²) in [6, 6.07) is 0. The van der Waals surface area contributed by atoms with Crippen LogP contribution in [0.2, 0.25) is 0 Å². The van der Waals surface area contributed by atoms with Crippen molar-refractivity contribution in [2.45, 2.75) is 33.3 Å². The summed E-state index contributed by atoms with van der Waals surface area (Å²) in [6.07, 6.45) is 0.952. The maximum absolute atomic E-state index is 10.9. The molecular formula is C8H12O2. The zero-order valence-electron chi connectivity index (χ0n) is 6.60. The number of esters is 1. The molecule has 0 spiro atoms. The highest BCUT2D eigenvalue weighted by atomic mass is 16.5. The molecule has 1 heterocycles. The first-order valence-corrected chi connectivity index (χ1v) is 3.48. The minimum absolute atomic E-state index is 0.0659. The quantitative estimate of drug-likeness (QED) is 0.478. The standard InChI is InChI=1S/C8H12O2/c1-5-4-6(2)10-8(9)7(5)3/h6H,4H2,1-3H3. The third kappa shape index (κ3) is 1.20. The van der Waals surface area contributed by atoms with Crippen molar-refractivity contribution < 1.29 is 9.53 Å². The molecule has 0 fully saturated rings. The highest BCUT2D eigenvalue weighted by Crippen LogP contribution is 2.19. The van der Waals surface area contributed by atoms with Gasteiger partial charge in [0.05, 0.1) is 0 Å². The van der Waals surface area contributed by atoms with Gasteiger partial charge in [0.25, 0.3) is 0 Å². The van der Waals surface area contributed by atoms with Crippen LogP contribution in [0.1, 0.15) is 27.2 Å². The summed E-state index contributed by atoms with van der Waals surface area (Å²) in [4.78, 5) is 10.9. The summed E-state index contributed by atoms with van der Waals surface area (Å²) in [5.74, 6) is -0.156. The highest BCUT2D eigenvalue weighted by Gasteiger charge is 2.19. The smallest absolute Gasteiger partial charge is 0.333 e. The lowest BCUT2D eigenvalue weighted by atomic mass is 10.0. The fourth-order valence-corrected chi connectivity index (χ4v) is 1.07. The molecule has 10 heavy (non-hydrogen) atoms. The predicted octanol–water partition coefficient (Wildman–Crippen LogP) is 1.66. The maximum Gasteiger partial charge on any atom is 0.333 e. The molecule has 1 atom stereocenters. The molecule has 0 aromatic heterocycles. The first kappa shape index (κ1) is 7.32. The van der Waals surface area contributed by atoms with Crippen molar-refractivity contribution in [2.75, 3.05) is 0 Å². The van der Waals surface area contributed by atoms with Crippen LogP contribution in [0.4, 0.5) is 0 Å². The first-order chi connectivity index (χ1) is 4.61. The van der Waals surface area contributed by atoms with Gasteiger partial charge in [-0.05, 0) is 20.8 Å². The van der Waals surface area contributed by atoms with Crippen LogP contribution in [0.15, 0.2) is 11.1 Å². The van der Waals surface area contributed by atoms with Gasteiger partial charge in [-0.15, -0.1) is 0 Å². The second kappa shape index (κ2) is 2.45. The molecule has 1 aliphatic rings. The molecule has 0 radical (unpaired) electrons. The molecule has 0 aliphatic carbocycles. The normalized spacial score (nSPS) is 26.7. The van der Waals surface area contributed by atoms with Crippen LogP contribution in [0.3, 0.4) is 0 Å². The number of cyclic esters (lactones) is 1. The van der Waals surface area contributed by atoms with Crippen molar-refractivity contribution in [1.82, 2.24) is 0 Å². The summed E-state index contributed by atoms with van der Waals surface area (Å²) >= 11 is 0. The molecule has 0 saturated carbocycles. The number of hydrogen-bond acceptors (Lipinski definition) is 2. The van der Waals surface area contributed by atoms with Crippen molar-refractivity contribution >= 4 is 5.97 Å². The molecule has 1 rings (SSSR count). The lowest BCUT2D eigenvalue weighted by molar-refractivity contribution is -0.144. The SMILES string of the molecule is CC1=C(C)C(=O)OC(C)C1. The molecule has 56 valence electrons. The molecule has 0 amide bonds. The number of carbonyl (C=O) groups excluding carboxylic acids is 1. The van der Waals surface area contributed by atoms with E-state index in [1.165, 1.54) is 0 Å². The van der Waals surface area contributed by atoms with Gasteiger partial charge in [-0.2, -0.15) is 0 Å². The second-order valence-corrected chi connectivity index (χ2v) is 2.83. The Morgan fingerprint density at radius 3 is 2.60 bits per heavy atom. The van der Waals surface area contributed by atoms with E-state index in [0.29, 0.717) is 0 Å². The Balaban J connectivity index is 2.85. The van der Waals surface area contributed by atoms with Crippen LogP contribution in [-0.4, -0.2) is 12.1 Å². The maximum atomic E-state index is 10.9. The van der Waals surface area contributed by atoms with Crippen LogP contribution >= 0.6 is 0 Å². The Bertz CT molecular complexity index is 191. The lowest BCUT2D eigenvalue weighted by Crippen LogP contribution is -2.22. The second-order valence-electron chi connectivity index (χ2n) is 2.83. The molecule has 1 aliphatic heterocycles. The number of carbonyl (C=O) groups is 1. The molecule has 2 heteroatoms. The Morgan fingerprint density at radius 2 is 2.10 bits per heavy atom. The van der Waals surface area contributed by atoms with Gasteiger partial charge in [-0.3, -0.25) is 0 Å². The Morgan fingerprint density at radius 1 is 1.50 bits per heavy atom. The van der Waals surface area contributed by atoms with Crippen LogP contribution in [-0.2, 0) is 9.53 Å². The van der Waals surface area contributed by atoms with Gasteiger partial charge >= 0.3 is 5.97 Å². The van der Waals surface area contributed by atoms with Gasteiger partial charge in [0.1, 0.15) is 6.10 Å².